The molecule has 0 aromatic rings. The molecule has 0 aromatic carbocycles. The molecule has 0 spiro atoms. The standard InChI is InChI=1S/2C9H13.2ClH.Hf/c2*1-2-3-6-9-7-4-5-8-9;;;/h2*4,7H,2-3,5-6H2,1H3;2*1H;/q2*-1;;;. The van der Waals surface area contributed by atoms with Gasteiger partial charge in [0.2, 0.25) is 0 Å². The van der Waals surface area contributed by atoms with Gasteiger partial charge in [-0.05, 0) is 0 Å². The molecule has 0 fully saturated rings. The average molecular weight is 494 g/mol. The summed E-state index contributed by atoms with van der Waals surface area (Å²) in [6.45, 7) is 4.44. The molecule has 0 saturated carbocycles. The van der Waals surface area contributed by atoms with E-state index in [2.05, 4.69) is 50.3 Å². The predicted molar refractivity (Wildman–Crippen MR) is 94.6 cm³/mol. The van der Waals surface area contributed by atoms with Gasteiger partial charge in [-0.25, -0.2) is 23.3 Å². The van der Waals surface area contributed by atoms with Gasteiger partial charge in [-0.2, -0.15) is 12.2 Å². The minimum Gasteiger partial charge on any atom is -0.269 e. The van der Waals surface area contributed by atoms with Gasteiger partial charge in [-0.1, -0.05) is 52.4 Å². The van der Waals surface area contributed by atoms with E-state index in [9.17, 15) is 0 Å². The first-order valence-corrected chi connectivity index (χ1v) is 7.39. The zero-order valence-corrected chi connectivity index (χ0v) is 18.5. The number of rotatable bonds is 6. The van der Waals surface area contributed by atoms with Gasteiger partial charge in [-0.15, -0.1) is 37.7 Å². The first-order valence-electron chi connectivity index (χ1n) is 7.39. The van der Waals surface area contributed by atoms with Crippen LogP contribution in [0, 0.1) is 12.2 Å². The van der Waals surface area contributed by atoms with E-state index in [0.29, 0.717) is 0 Å². The fourth-order valence-electron chi connectivity index (χ4n) is 1.98. The molecule has 0 heterocycles. The molecule has 0 aliphatic heterocycles. The Labute approximate surface area is 162 Å². The molecule has 0 saturated heterocycles. The summed E-state index contributed by atoms with van der Waals surface area (Å²) in [6, 6.07) is 0. The zero-order chi connectivity index (χ0) is 13.1. The van der Waals surface area contributed by atoms with E-state index in [1.165, 1.54) is 49.7 Å². The van der Waals surface area contributed by atoms with Gasteiger partial charge < -0.3 is 0 Å². The van der Waals surface area contributed by atoms with Crippen LogP contribution in [0.2, 0.25) is 0 Å². The number of halogens is 2. The first kappa shape index (κ1) is 26.3. The molecule has 3 heteroatoms. The summed E-state index contributed by atoms with van der Waals surface area (Å²) in [4.78, 5) is 0. The van der Waals surface area contributed by atoms with Crippen molar-refractivity contribution in [2.75, 3.05) is 0 Å². The van der Waals surface area contributed by atoms with Crippen molar-refractivity contribution in [3.05, 3.63) is 47.6 Å². The second kappa shape index (κ2) is 18.5. The number of hydrogen-bond donors (Lipinski definition) is 0. The third-order valence-electron chi connectivity index (χ3n) is 3.13. The maximum absolute atomic E-state index is 3.30. The van der Waals surface area contributed by atoms with Crippen LogP contribution in [0.5, 0.6) is 0 Å². The Morgan fingerprint density at radius 3 is 1.43 bits per heavy atom. The van der Waals surface area contributed by atoms with Gasteiger partial charge in [-0.3, -0.25) is 12.2 Å². The number of hydrogen-bond acceptors (Lipinski definition) is 0. The Bertz CT molecular complexity index is 307. The normalized spacial score (nSPS) is 14.0. The number of unbranched alkanes of at least 4 members (excludes halogenated alkanes) is 2. The molecule has 2 aliphatic carbocycles. The van der Waals surface area contributed by atoms with Crippen molar-refractivity contribution >= 4 is 24.8 Å². The third-order valence-corrected chi connectivity index (χ3v) is 3.13. The molecule has 0 unspecified atom stereocenters. The molecule has 0 atom stereocenters. The summed E-state index contributed by atoms with van der Waals surface area (Å²) in [6.07, 6.45) is 25.1. The predicted octanol–water partition coefficient (Wildman–Crippen LogP) is 6.57. The van der Waals surface area contributed by atoms with Crippen LogP contribution in [0.4, 0.5) is 0 Å². The van der Waals surface area contributed by atoms with Gasteiger partial charge in [0.25, 0.3) is 0 Å². The molecule has 0 bridgehead atoms. The van der Waals surface area contributed by atoms with Crippen molar-refractivity contribution < 1.29 is 25.8 Å². The zero-order valence-electron chi connectivity index (χ0n) is 13.3. The molecule has 0 nitrogen and oxygen atoms in total. The summed E-state index contributed by atoms with van der Waals surface area (Å²) >= 11 is 0. The van der Waals surface area contributed by atoms with Crippen LogP contribution >= 0.6 is 24.8 Å². The summed E-state index contributed by atoms with van der Waals surface area (Å²) < 4.78 is 0. The van der Waals surface area contributed by atoms with Crippen molar-refractivity contribution in [3.63, 3.8) is 0 Å². The first-order chi connectivity index (χ1) is 8.86. The van der Waals surface area contributed by atoms with Crippen LogP contribution in [-0.2, 0) is 25.8 Å². The van der Waals surface area contributed by atoms with Crippen molar-refractivity contribution in [2.45, 2.75) is 65.2 Å². The van der Waals surface area contributed by atoms with Crippen molar-refractivity contribution in [2.24, 2.45) is 0 Å². The molecule has 0 aromatic heterocycles. The fraction of sp³-hybridized carbons (Fsp3) is 0.556. The van der Waals surface area contributed by atoms with E-state index in [0.717, 1.165) is 12.8 Å². The van der Waals surface area contributed by atoms with Crippen LogP contribution in [0.15, 0.2) is 35.5 Å². The van der Waals surface area contributed by atoms with E-state index < -0.39 is 0 Å². The SMILES string of the molecule is CCCCC1=[C-]CC=C1.CCCCC1=[C-]CC=C1.Cl.Cl.[Hf]. The maximum atomic E-state index is 3.30. The Balaban J connectivity index is -0.000000270. The van der Waals surface area contributed by atoms with Crippen molar-refractivity contribution in [1.82, 2.24) is 0 Å². The molecular weight excluding hydrogens is 466 g/mol. The van der Waals surface area contributed by atoms with Gasteiger partial charge in [0, 0.05) is 25.8 Å². The minimum atomic E-state index is 0. The quantitative estimate of drug-likeness (QED) is 0.290. The Hall–Kier alpha value is 0.410. The van der Waals surface area contributed by atoms with Crippen molar-refractivity contribution in [3.8, 4) is 0 Å². The van der Waals surface area contributed by atoms with Gasteiger partial charge in [0.1, 0.15) is 0 Å². The summed E-state index contributed by atoms with van der Waals surface area (Å²) in [5.74, 6) is 0. The molecule has 0 N–H and O–H groups in total. The maximum Gasteiger partial charge on any atom is 0 e. The Kier molecular flexibility index (Phi) is 23.1. The number of allylic oxidation sites excluding steroid dienone is 8. The second-order valence-electron chi connectivity index (χ2n) is 4.82. The fourth-order valence-corrected chi connectivity index (χ4v) is 1.98. The van der Waals surface area contributed by atoms with Gasteiger partial charge >= 0.3 is 0 Å². The monoisotopic (exact) mass is 494 g/mol. The topological polar surface area (TPSA) is 0 Å². The average Bonchev–Trinajstić information content (AvgIpc) is 3.07. The Morgan fingerprint density at radius 2 is 1.19 bits per heavy atom. The third kappa shape index (κ3) is 13.8. The van der Waals surface area contributed by atoms with E-state index in [1.807, 2.05) is 0 Å². The van der Waals surface area contributed by atoms with E-state index in [1.54, 1.807) is 0 Å². The summed E-state index contributed by atoms with van der Waals surface area (Å²) in [7, 11) is 0. The van der Waals surface area contributed by atoms with Gasteiger partial charge in [0.15, 0.2) is 0 Å². The summed E-state index contributed by atoms with van der Waals surface area (Å²) in [5, 5.41) is 0. The largest absolute Gasteiger partial charge is 0.269 e. The van der Waals surface area contributed by atoms with Crippen LogP contribution in [0.1, 0.15) is 65.2 Å². The van der Waals surface area contributed by atoms with E-state index in [-0.39, 0.29) is 50.7 Å². The van der Waals surface area contributed by atoms with Crippen molar-refractivity contribution in [1.29, 1.82) is 0 Å². The summed E-state index contributed by atoms with van der Waals surface area (Å²) in [5.41, 5.74) is 2.83. The molecule has 2 aliphatic rings. The van der Waals surface area contributed by atoms with Crippen LogP contribution in [-0.4, -0.2) is 0 Å². The van der Waals surface area contributed by atoms with Crippen LogP contribution in [0.25, 0.3) is 0 Å². The Morgan fingerprint density at radius 1 is 0.810 bits per heavy atom. The van der Waals surface area contributed by atoms with Crippen LogP contribution in [0.3, 0.4) is 0 Å². The molecule has 21 heavy (non-hydrogen) atoms. The molecular formula is C18H28Cl2Hf-2. The minimum absolute atomic E-state index is 0. The van der Waals surface area contributed by atoms with E-state index in [4.69, 9.17) is 0 Å². The smallest absolute Gasteiger partial charge is 0 e. The second-order valence-corrected chi connectivity index (χ2v) is 4.82. The van der Waals surface area contributed by atoms with Crippen LogP contribution < -0.4 is 0 Å². The molecule has 2 rings (SSSR count). The molecule has 120 valence electrons. The van der Waals surface area contributed by atoms with E-state index >= 15 is 0 Å². The molecule has 0 radical (unpaired) electrons. The molecule has 0 amide bonds. The van der Waals surface area contributed by atoms with Gasteiger partial charge in [0.05, 0.1) is 0 Å².